The number of likely N-dealkylation sites (tertiary alicyclic amines) is 2. The molecule has 8 nitrogen and oxygen atoms in total. The summed E-state index contributed by atoms with van der Waals surface area (Å²) in [6.45, 7) is 3.89. The molecule has 2 aromatic rings. The minimum Gasteiger partial charge on any atom is -0.465 e. The van der Waals surface area contributed by atoms with Crippen LogP contribution in [0.2, 0.25) is 0 Å². The van der Waals surface area contributed by atoms with E-state index in [0.29, 0.717) is 36.6 Å². The molecule has 3 saturated heterocycles. The van der Waals surface area contributed by atoms with Crippen molar-refractivity contribution in [3.05, 3.63) is 54.1 Å². The fourth-order valence-corrected chi connectivity index (χ4v) is 7.85. The van der Waals surface area contributed by atoms with Crippen molar-refractivity contribution in [3.63, 3.8) is 0 Å². The molecule has 0 N–H and O–H groups in total. The van der Waals surface area contributed by atoms with E-state index < -0.39 is 9.84 Å². The van der Waals surface area contributed by atoms with Gasteiger partial charge in [0.2, 0.25) is 6.41 Å². The van der Waals surface area contributed by atoms with Gasteiger partial charge in [-0.2, -0.15) is 0 Å². The molecule has 1 amide bonds. The predicted molar refractivity (Wildman–Crippen MR) is 143 cm³/mol. The van der Waals surface area contributed by atoms with E-state index in [-0.39, 0.29) is 24.1 Å². The van der Waals surface area contributed by atoms with Crippen molar-refractivity contribution in [2.24, 2.45) is 0 Å². The SMILES string of the molecule is COCOc1ccc(S(=O)(=O)C2CCN(CCc3ccccc3)CC2)cc1N1C2CCC1CN(C=O)C2. The fraction of sp³-hybridized carbons (Fsp3) is 0.536. The Labute approximate surface area is 220 Å². The summed E-state index contributed by atoms with van der Waals surface area (Å²) < 4.78 is 38.5. The van der Waals surface area contributed by atoms with Crippen LogP contribution in [0.25, 0.3) is 0 Å². The number of benzene rings is 2. The third-order valence-electron chi connectivity index (χ3n) is 8.06. The average molecular weight is 528 g/mol. The Bertz CT molecular complexity index is 1150. The van der Waals surface area contributed by atoms with Gasteiger partial charge in [0.15, 0.2) is 16.6 Å². The first-order valence-corrected chi connectivity index (χ1v) is 14.8. The molecule has 5 rings (SSSR count). The Hall–Kier alpha value is -2.62. The van der Waals surface area contributed by atoms with E-state index in [1.807, 2.05) is 11.0 Å². The summed E-state index contributed by atoms with van der Waals surface area (Å²) in [7, 11) is -1.92. The Kier molecular flexibility index (Phi) is 8.02. The number of ether oxygens (including phenoxy) is 2. The Morgan fingerprint density at radius 2 is 1.68 bits per heavy atom. The highest BCUT2D eigenvalue weighted by atomic mass is 32.2. The van der Waals surface area contributed by atoms with Crippen LogP contribution in [-0.2, 0) is 25.8 Å². The number of anilines is 1. The second kappa shape index (κ2) is 11.4. The van der Waals surface area contributed by atoms with Gasteiger partial charge in [-0.05, 0) is 69.0 Å². The van der Waals surface area contributed by atoms with E-state index in [1.165, 1.54) is 5.56 Å². The lowest BCUT2D eigenvalue weighted by molar-refractivity contribution is -0.119. The molecule has 2 atom stereocenters. The topological polar surface area (TPSA) is 79.4 Å². The minimum absolute atomic E-state index is 0.0875. The van der Waals surface area contributed by atoms with Crippen LogP contribution in [0.5, 0.6) is 5.75 Å². The Morgan fingerprint density at radius 1 is 0.973 bits per heavy atom. The molecule has 0 spiro atoms. The number of carbonyl (C=O) groups is 1. The monoisotopic (exact) mass is 527 g/mol. The molecule has 37 heavy (non-hydrogen) atoms. The first-order chi connectivity index (χ1) is 18.0. The number of rotatable bonds is 10. The summed E-state index contributed by atoms with van der Waals surface area (Å²) in [5.41, 5.74) is 2.10. The van der Waals surface area contributed by atoms with Crippen molar-refractivity contribution in [1.29, 1.82) is 0 Å². The van der Waals surface area contributed by atoms with Crippen molar-refractivity contribution >= 4 is 21.9 Å². The first kappa shape index (κ1) is 26.0. The quantitative estimate of drug-likeness (QED) is 0.347. The fourth-order valence-electron chi connectivity index (χ4n) is 6.10. The van der Waals surface area contributed by atoms with E-state index in [2.05, 4.69) is 34.1 Å². The van der Waals surface area contributed by atoms with E-state index in [0.717, 1.165) is 51.0 Å². The van der Waals surface area contributed by atoms with Crippen molar-refractivity contribution < 1.29 is 22.7 Å². The van der Waals surface area contributed by atoms with Gasteiger partial charge in [-0.25, -0.2) is 8.42 Å². The molecule has 2 aromatic carbocycles. The molecule has 2 bridgehead atoms. The van der Waals surface area contributed by atoms with E-state index >= 15 is 0 Å². The lowest BCUT2D eigenvalue weighted by Gasteiger charge is -2.41. The molecule has 9 heteroatoms. The smallest absolute Gasteiger partial charge is 0.209 e. The molecule has 3 fully saturated rings. The Balaban J connectivity index is 1.31. The average Bonchev–Trinajstić information content (AvgIpc) is 3.19. The highest BCUT2D eigenvalue weighted by molar-refractivity contribution is 7.92. The predicted octanol–water partition coefficient (Wildman–Crippen LogP) is 2.96. The molecular weight excluding hydrogens is 490 g/mol. The zero-order chi connectivity index (χ0) is 25.8. The highest BCUT2D eigenvalue weighted by Gasteiger charge is 2.41. The molecule has 0 saturated carbocycles. The molecule has 3 aliphatic heterocycles. The van der Waals surface area contributed by atoms with Crippen LogP contribution >= 0.6 is 0 Å². The van der Waals surface area contributed by atoms with Crippen LogP contribution < -0.4 is 9.64 Å². The third-order valence-corrected chi connectivity index (χ3v) is 10.3. The van der Waals surface area contributed by atoms with Crippen LogP contribution in [0.4, 0.5) is 5.69 Å². The number of methoxy groups -OCH3 is 1. The largest absolute Gasteiger partial charge is 0.465 e. The highest BCUT2D eigenvalue weighted by Crippen LogP contribution is 2.41. The lowest BCUT2D eigenvalue weighted by Crippen LogP contribution is -2.53. The van der Waals surface area contributed by atoms with Crippen LogP contribution in [0.15, 0.2) is 53.4 Å². The molecule has 2 unspecified atom stereocenters. The molecule has 3 heterocycles. The van der Waals surface area contributed by atoms with Gasteiger partial charge < -0.3 is 24.2 Å². The summed E-state index contributed by atoms with van der Waals surface area (Å²) in [5, 5.41) is -0.386. The summed E-state index contributed by atoms with van der Waals surface area (Å²) in [5.74, 6) is 0.619. The molecule has 200 valence electrons. The normalized spacial score (nSPS) is 22.8. The van der Waals surface area contributed by atoms with Crippen molar-refractivity contribution in [2.75, 3.05) is 51.5 Å². The first-order valence-electron chi connectivity index (χ1n) is 13.2. The van der Waals surface area contributed by atoms with Gasteiger partial charge in [0.05, 0.1) is 15.8 Å². The van der Waals surface area contributed by atoms with Gasteiger partial charge in [-0.3, -0.25) is 4.79 Å². The van der Waals surface area contributed by atoms with Crippen LogP contribution in [0.1, 0.15) is 31.2 Å². The number of hydrogen-bond acceptors (Lipinski definition) is 7. The van der Waals surface area contributed by atoms with E-state index in [4.69, 9.17) is 9.47 Å². The molecule has 0 radical (unpaired) electrons. The lowest BCUT2D eigenvalue weighted by atomic mass is 10.1. The summed E-state index contributed by atoms with van der Waals surface area (Å²) in [6, 6.07) is 16.0. The standard InChI is InChI=1S/C28H37N3O5S/c1-35-21-36-28-10-9-26(17-27(28)31-23-7-8-24(31)19-30(18-23)20-32)37(33,34)25-12-15-29(16-13-25)14-11-22-5-3-2-4-6-22/h2-6,9-10,17,20,23-25H,7-8,11-16,18-19,21H2,1H3. The van der Waals surface area contributed by atoms with Crippen molar-refractivity contribution in [2.45, 2.75) is 54.3 Å². The van der Waals surface area contributed by atoms with Crippen LogP contribution in [-0.4, -0.2) is 88.6 Å². The second-order valence-corrected chi connectivity index (χ2v) is 12.6. The van der Waals surface area contributed by atoms with E-state index in [1.54, 1.807) is 25.3 Å². The number of piperazine rings is 1. The van der Waals surface area contributed by atoms with Crippen molar-refractivity contribution in [1.82, 2.24) is 9.80 Å². The zero-order valence-electron chi connectivity index (χ0n) is 21.5. The maximum atomic E-state index is 13.8. The van der Waals surface area contributed by atoms with Crippen LogP contribution in [0.3, 0.4) is 0 Å². The summed E-state index contributed by atoms with van der Waals surface area (Å²) in [4.78, 5) is 18.2. The number of hydrogen-bond donors (Lipinski definition) is 0. The second-order valence-electron chi connectivity index (χ2n) is 10.4. The Morgan fingerprint density at radius 3 is 2.32 bits per heavy atom. The third kappa shape index (κ3) is 5.63. The van der Waals surface area contributed by atoms with Gasteiger partial charge >= 0.3 is 0 Å². The molecule has 0 aliphatic carbocycles. The number of sulfone groups is 1. The zero-order valence-corrected chi connectivity index (χ0v) is 22.3. The number of amides is 1. The van der Waals surface area contributed by atoms with Crippen LogP contribution in [0, 0.1) is 0 Å². The number of nitrogens with zero attached hydrogens (tertiary/aromatic N) is 3. The van der Waals surface area contributed by atoms with E-state index in [9.17, 15) is 13.2 Å². The maximum absolute atomic E-state index is 13.8. The van der Waals surface area contributed by atoms with Gasteiger partial charge in [-0.1, -0.05) is 30.3 Å². The van der Waals surface area contributed by atoms with Crippen molar-refractivity contribution in [3.8, 4) is 5.75 Å². The van der Waals surface area contributed by atoms with Gasteiger partial charge in [-0.15, -0.1) is 0 Å². The summed E-state index contributed by atoms with van der Waals surface area (Å²) in [6.07, 6.45) is 5.10. The number of carbonyl (C=O) groups excluding carboxylic acids is 1. The molecule has 0 aromatic heterocycles. The molecular formula is C28H37N3O5S. The van der Waals surface area contributed by atoms with Gasteiger partial charge in [0, 0.05) is 38.8 Å². The molecule has 3 aliphatic rings. The van der Waals surface area contributed by atoms with Gasteiger partial charge in [0.25, 0.3) is 0 Å². The maximum Gasteiger partial charge on any atom is 0.209 e. The number of piperidine rings is 1. The minimum atomic E-state index is -3.49. The van der Waals surface area contributed by atoms with Gasteiger partial charge in [0.1, 0.15) is 5.75 Å². The summed E-state index contributed by atoms with van der Waals surface area (Å²) >= 11 is 0. The number of fused-ring (bicyclic) bond motifs is 2.